The first-order chi connectivity index (χ1) is 10.4. The summed E-state index contributed by atoms with van der Waals surface area (Å²) in [6, 6.07) is 0. The molecule has 0 aliphatic carbocycles. The SMILES string of the molecule is NCCOCCOCCOCCC(=O)OOC(=O)C(F)(F)F. The quantitative estimate of drug-likeness (QED) is 0.319. The average molecular weight is 333 g/mol. The maximum Gasteiger partial charge on any atom is 0.495 e. The van der Waals surface area contributed by atoms with Crippen molar-refractivity contribution < 1.29 is 46.7 Å². The standard InChI is InChI=1S/C11H18F3NO7/c12-11(13,14)10(17)22-21-9(16)1-3-18-5-7-20-8-6-19-4-2-15/h1-8,15H2. The largest absolute Gasteiger partial charge is 0.495 e. The molecule has 0 atom stereocenters. The molecule has 0 saturated carbocycles. The Hall–Kier alpha value is -1.43. The van der Waals surface area contributed by atoms with Crippen molar-refractivity contribution in [2.45, 2.75) is 12.6 Å². The van der Waals surface area contributed by atoms with Crippen molar-refractivity contribution >= 4 is 11.9 Å². The van der Waals surface area contributed by atoms with Gasteiger partial charge in [-0.05, 0) is 0 Å². The summed E-state index contributed by atoms with van der Waals surface area (Å²) in [7, 11) is 0. The maximum atomic E-state index is 11.7. The topological polar surface area (TPSA) is 106 Å². The summed E-state index contributed by atoms with van der Waals surface area (Å²) in [5, 5.41) is 0. The molecule has 130 valence electrons. The molecule has 0 aromatic carbocycles. The number of carbonyl (C=O) groups excluding carboxylic acids is 2. The Morgan fingerprint density at radius 3 is 1.82 bits per heavy atom. The van der Waals surface area contributed by atoms with Crippen LogP contribution in [0.2, 0.25) is 0 Å². The molecule has 0 spiro atoms. The first kappa shape index (κ1) is 20.6. The number of alkyl halides is 3. The predicted molar refractivity (Wildman–Crippen MR) is 64.4 cm³/mol. The molecule has 0 aromatic rings. The van der Waals surface area contributed by atoms with E-state index in [1.54, 1.807) is 0 Å². The minimum atomic E-state index is -5.22. The lowest BCUT2D eigenvalue weighted by Crippen LogP contribution is -2.26. The van der Waals surface area contributed by atoms with Gasteiger partial charge in [0.25, 0.3) is 0 Å². The molecule has 0 aromatic heterocycles. The van der Waals surface area contributed by atoms with Crippen molar-refractivity contribution in [3.05, 3.63) is 0 Å². The molecule has 8 nitrogen and oxygen atoms in total. The average Bonchev–Trinajstić information content (AvgIpc) is 2.45. The molecule has 2 N–H and O–H groups in total. The van der Waals surface area contributed by atoms with E-state index >= 15 is 0 Å². The van der Waals surface area contributed by atoms with E-state index in [2.05, 4.69) is 9.78 Å². The van der Waals surface area contributed by atoms with Gasteiger partial charge in [0.15, 0.2) is 0 Å². The molecular weight excluding hydrogens is 315 g/mol. The van der Waals surface area contributed by atoms with Crippen LogP contribution in [0, 0.1) is 0 Å². The fraction of sp³-hybridized carbons (Fsp3) is 0.818. The first-order valence-electron chi connectivity index (χ1n) is 6.29. The summed E-state index contributed by atoms with van der Waals surface area (Å²) in [6.45, 7) is 1.94. The molecule has 22 heavy (non-hydrogen) atoms. The van der Waals surface area contributed by atoms with Crippen molar-refractivity contribution in [2.24, 2.45) is 5.73 Å². The van der Waals surface area contributed by atoms with E-state index in [0.717, 1.165) is 0 Å². The smallest absolute Gasteiger partial charge is 0.378 e. The molecule has 0 fully saturated rings. The molecule has 0 unspecified atom stereocenters. The summed E-state index contributed by atoms with van der Waals surface area (Å²) < 4.78 is 50.2. The summed E-state index contributed by atoms with van der Waals surface area (Å²) in [4.78, 5) is 28.1. The third-order valence-corrected chi connectivity index (χ3v) is 1.90. The molecular formula is C11H18F3NO7. The van der Waals surface area contributed by atoms with Crippen molar-refractivity contribution in [3.8, 4) is 0 Å². The van der Waals surface area contributed by atoms with E-state index in [9.17, 15) is 22.8 Å². The molecule has 0 radical (unpaired) electrons. The van der Waals surface area contributed by atoms with Crippen LogP contribution in [0.1, 0.15) is 6.42 Å². The van der Waals surface area contributed by atoms with Gasteiger partial charge in [-0.2, -0.15) is 13.2 Å². The highest BCUT2D eigenvalue weighted by molar-refractivity contribution is 5.76. The van der Waals surface area contributed by atoms with Crippen LogP contribution in [0.15, 0.2) is 0 Å². The number of hydrogen-bond acceptors (Lipinski definition) is 8. The molecule has 0 rings (SSSR count). The molecule has 0 aliphatic heterocycles. The van der Waals surface area contributed by atoms with Crippen molar-refractivity contribution in [1.82, 2.24) is 0 Å². The minimum absolute atomic E-state index is 0.116. The number of hydrogen-bond donors (Lipinski definition) is 1. The second-order valence-electron chi connectivity index (χ2n) is 3.70. The van der Waals surface area contributed by atoms with Gasteiger partial charge in [-0.3, -0.25) is 0 Å². The zero-order chi connectivity index (χ0) is 16.8. The van der Waals surface area contributed by atoms with Gasteiger partial charge in [-0.15, -0.1) is 0 Å². The fourth-order valence-corrected chi connectivity index (χ4v) is 0.954. The highest BCUT2D eigenvalue weighted by Gasteiger charge is 2.43. The fourth-order valence-electron chi connectivity index (χ4n) is 0.954. The highest BCUT2D eigenvalue weighted by atomic mass is 19.4. The summed E-state index contributed by atoms with van der Waals surface area (Å²) in [5.41, 5.74) is 5.20. The molecule has 0 bridgehead atoms. The number of carbonyl (C=O) groups is 2. The van der Waals surface area contributed by atoms with Gasteiger partial charge in [-0.25, -0.2) is 19.4 Å². The predicted octanol–water partition coefficient (Wildman–Crippen LogP) is -0.0513. The van der Waals surface area contributed by atoms with Crippen LogP contribution in [0.4, 0.5) is 13.2 Å². The van der Waals surface area contributed by atoms with Crippen LogP contribution in [0.5, 0.6) is 0 Å². The maximum absolute atomic E-state index is 11.7. The number of halogens is 3. The highest BCUT2D eigenvalue weighted by Crippen LogP contribution is 2.16. The Morgan fingerprint density at radius 1 is 0.818 bits per heavy atom. The van der Waals surface area contributed by atoms with Crippen LogP contribution < -0.4 is 5.73 Å². The first-order valence-corrected chi connectivity index (χ1v) is 6.29. The van der Waals surface area contributed by atoms with Crippen molar-refractivity contribution in [2.75, 3.05) is 46.2 Å². The summed E-state index contributed by atoms with van der Waals surface area (Å²) >= 11 is 0. The van der Waals surface area contributed by atoms with E-state index in [0.29, 0.717) is 26.4 Å². The minimum Gasteiger partial charge on any atom is -0.378 e. The number of ether oxygens (including phenoxy) is 3. The zero-order valence-corrected chi connectivity index (χ0v) is 11.7. The second kappa shape index (κ2) is 12.1. The second-order valence-corrected chi connectivity index (χ2v) is 3.70. The van der Waals surface area contributed by atoms with Crippen LogP contribution in [-0.2, 0) is 33.6 Å². The van der Waals surface area contributed by atoms with Crippen LogP contribution in [0.3, 0.4) is 0 Å². The summed E-state index contributed by atoms with van der Waals surface area (Å²) in [6.07, 6.45) is -5.59. The molecule has 11 heteroatoms. The van der Waals surface area contributed by atoms with E-state index in [1.807, 2.05) is 0 Å². The summed E-state index contributed by atoms with van der Waals surface area (Å²) in [5.74, 6) is -3.76. The van der Waals surface area contributed by atoms with E-state index in [4.69, 9.17) is 19.9 Å². The Balaban J connectivity index is 3.37. The Labute approximate surface area is 124 Å². The van der Waals surface area contributed by atoms with E-state index in [1.165, 1.54) is 0 Å². The lowest BCUT2D eigenvalue weighted by Gasteiger charge is -2.07. The lowest BCUT2D eigenvalue weighted by molar-refractivity contribution is -0.286. The van der Waals surface area contributed by atoms with Gasteiger partial charge >= 0.3 is 18.1 Å². The van der Waals surface area contributed by atoms with Crippen molar-refractivity contribution in [3.63, 3.8) is 0 Å². The van der Waals surface area contributed by atoms with Gasteiger partial charge in [0.2, 0.25) is 0 Å². The monoisotopic (exact) mass is 333 g/mol. The molecule has 0 amide bonds. The number of nitrogens with two attached hydrogens (primary N) is 1. The van der Waals surface area contributed by atoms with Gasteiger partial charge in [0, 0.05) is 6.54 Å². The Bertz CT molecular complexity index is 325. The molecule has 0 heterocycles. The van der Waals surface area contributed by atoms with Gasteiger partial charge in [0.1, 0.15) is 0 Å². The van der Waals surface area contributed by atoms with E-state index in [-0.39, 0.29) is 26.2 Å². The van der Waals surface area contributed by atoms with Gasteiger partial charge in [-0.1, -0.05) is 0 Å². The van der Waals surface area contributed by atoms with Crippen LogP contribution in [0.25, 0.3) is 0 Å². The van der Waals surface area contributed by atoms with E-state index < -0.39 is 18.1 Å². The van der Waals surface area contributed by atoms with Gasteiger partial charge < -0.3 is 19.9 Å². The van der Waals surface area contributed by atoms with Crippen LogP contribution in [-0.4, -0.2) is 64.3 Å². The van der Waals surface area contributed by atoms with Crippen molar-refractivity contribution in [1.29, 1.82) is 0 Å². The number of rotatable bonds is 11. The third-order valence-electron chi connectivity index (χ3n) is 1.90. The molecule has 0 saturated heterocycles. The van der Waals surface area contributed by atoms with Crippen LogP contribution >= 0.6 is 0 Å². The third kappa shape index (κ3) is 12.3. The Kier molecular flexibility index (Phi) is 11.4. The lowest BCUT2D eigenvalue weighted by atomic mass is 10.5. The Morgan fingerprint density at radius 2 is 1.32 bits per heavy atom. The van der Waals surface area contributed by atoms with Gasteiger partial charge in [0.05, 0.1) is 46.1 Å². The normalized spacial score (nSPS) is 11.3. The molecule has 0 aliphatic rings. The zero-order valence-electron chi connectivity index (χ0n) is 11.7.